The number of nitrogens with one attached hydrogen (secondary N) is 1. The molecule has 1 aliphatic rings. The van der Waals surface area contributed by atoms with Gasteiger partial charge in [0.2, 0.25) is 0 Å². The first-order valence-corrected chi connectivity index (χ1v) is 7.55. The van der Waals surface area contributed by atoms with E-state index in [9.17, 15) is 23.5 Å². The lowest BCUT2D eigenvalue weighted by Crippen LogP contribution is -2.48. The van der Waals surface area contributed by atoms with Crippen LogP contribution >= 0.6 is 0 Å². The third-order valence-electron chi connectivity index (χ3n) is 4.08. The Morgan fingerprint density at radius 1 is 1.33 bits per heavy atom. The summed E-state index contributed by atoms with van der Waals surface area (Å²) in [6.07, 6.45) is -0.372. The second-order valence-electron chi connectivity index (χ2n) is 5.75. The van der Waals surface area contributed by atoms with Gasteiger partial charge in [0.25, 0.3) is 5.91 Å². The van der Waals surface area contributed by atoms with Crippen LogP contribution in [0.4, 0.5) is 8.78 Å². The van der Waals surface area contributed by atoms with E-state index in [1.807, 2.05) is 0 Å². The molecule has 1 atom stereocenters. The molecule has 0 aliphatic carbocycles. The molecule has 6 nitrogen and oxygen atoms in total. The molecule has 1 fully saturated rings. The average molecular weight is 343 g/mol. The Labute approximate surface area is 137 Å². The molecule has 1 aromatic carbocycles. The first-order chi connectivity index (χ1) is 11.3. The Balaban J connectivity index is 1.93. The highest BCUT2D eigenvalue weighted by atomic mass is 19.2. The van der Waals surface area contributed by atoms with Crippen LogP contribution in [0.1, 0.15) is 19.8 Å². The third kappa shape index (κ3) is 4.19. The number of ether oxygens (including phenoxy) is 2. The van der Waals surface area contributed by atoms with Crippen molar-refractivity contribution in [3.05, 3.63) is 29.8 Å². The summed E-state index contributed by atoms with van der Waals surface area (Å²) in [5.41, 5.74) is -1.06. The van der Waals surface area contributed by atoms with Gasteiger partial charge in [-0.15, -0.1) is 0 Å². The Morgan fingerprint density at radius 3 is 2.58 bits per heavy atom. The summed E-state index contributed by atoms with van der Waals surface area (Å²) in [5.74, 6) is -3.60. The maximum absolute atomic E-state index is 13.1. The average Bonchev–Trinajstić information content (AvgIpc) is 2.56. The summed E-state index contributed by atoms with van der Waals surface area (Å²) in [7, 11) is 0. The molecule has 1 aromatic rings. The molecule has 0 radical (unpaired) electrons. The van der Waals surface area contributed by atoms with Gasteiger partial charge in [0, 0.05) is 25.8 Å². The van der Waals surface area contributed by atoms with Crippen LogP contribution in [0.3, 0.4) is 0 Å². The van der Waals surface area contributed by atoms with Crippen LogP contribution in [0, 0.1) is 17.0 Å². The van der Waals surface area contributed by atoms with Gasteiger partial charge >= 0.3 is 5.97 Å². The quantitative estimate of drug-likeness (QED) is 0.822. The minimum absolute atomic E-state index is 0.00978. The van der Waals surface area contributed by atoms with Crippen LogP contribution < -0.4 is 10.1 Å². The van der Waals surface area contributed by atoms with Gasteiger partial charge < -0.3 is 19.9 Å². The molecule has 1 unspecified atom stereocenters. The number of hydrogen-bond donors (Lipinski definition) is 2. The number of hydrogen-bond acceptors (Lipinski definition) is 4. The van der Waals surface area contributed by atoms with Crippen molar-refractivity contribution in [1.29, 1.82) is 0 Å². The summed E-state index contributed by atoms with van der Waals surface area (Å²) in [6.45, 7) is 2.04. The molecular formula is C16H19F2NO5. The minimum atomic E-state index is -1.08. The van der Waals surface area contributed by atoms with Crippen molar-refractivity contribution >= 4 is 11.9 Å². The maximum atomic E-state index is 13.1. The normalized spacial score (nSPS) is 17.8. The highest BCUT2D eigenvalue weighted by Crippen LogP contribution is 2.30. The van der Waals surface area contributed by atoms with Crippen molar-refractivity contribution in [1.82, 2.24) is 5.32 Å². The number of carboxylic acid groups (broad SMARTS) is 1. The van der Waals surface area contributed by atoms with Gasteiger partial charge in [-0.1, -0.05) is 0 Å². The van der Waals surface area contributed by atoms with Crippen molar-refractivity contribution in [2.75, 3.05) is 19.8 Å². The fraction of sp³-hybridized carbons (Fsp3) is 0.500. The van der Waals surface area contributed by atoms with Crippen LogP contribution in [-0.2, 0) is 14.3 Å². The fourth-order valence-corrected chi connectivity index (χ4v) is 2.44. The molecule has 24 heavy (non-hydrogen) atoms. The van der Waals surface area contributed by atoms with E-state index in [0.29, 0.717) is 26.1 Å². The molecule has 0 aromatic heterocycles. The van der Waals surface area contributed by atoms with E-state index in [-0.39, 0.29) is 12.3 Å². The minimum Gasteiger partial charge on any atom is -0.481 e. The SMILES string of the molecule is CC(Oc1ccc(F)c(F)c1)C(=O)NCC1(C(=O)O)CCOCC1. The van der Waals surface area contributed by atoms with E-state index < -0.39 is 35.0 Å². The first kappa shape index (κ1) is 18.1. The summed E-state index contributed by atoms with van der Waals surface area (Å²) < 4.78 is 36.4. The second kappa shape index (κ2) is 7.57. The molecule has 1 heterocycles. The van der Waals surface area contributed by atoms with Gasteiger partial charge in [-0.05, 0) is 31.9 Å². The number of carbonyl (C=O) groups is 2. The Hall–Kier alpha value is -2.22. The number of carbonyl (C=O) groups excluding carboxylic acids is 1. The van der Waals surface area contributed by atoms with Crippen molar-refractivity contribution in [2.24, 2.45) is 5.41 Å². The van der Waals surface area contributed by atoms with Crippen molar-refractivity contribution in [2.45, 2.75) is 25.9 Å². The Morgan fingerprint density at radius 2 is 2.00 bits per heavy atom. The van der Waals surface area contributed by atoms with Crippen molar-refractivity contribution < 1.29 is 33.0 Å². The molecule has 0 saturated carbocycles. The first-order valence-electron chi connectivity index (χ1n) is 7.55. The number of amides is 1. The highest BCUT2D eigenvalue weighted by Gasteiger charge is 2.40. The Bertz CT molecular complexity index is 616. The van der Waals surface area contributed by atoms with Gasteiger partial charge in [-0.3, -0.25) is 9.59 Å². The van der Waals surface area contributed by atoms with E-state index in [1.54, 1.807) is 0 Å². The lowest BCUT2D eigenvalue weighted by atomic mass is 9.80. The van der Waals surface area contributed by atoms with Crippen LogP contribution in [-0.4, -0.2) is 42.8 Å². The second-order valence-corrected chi connectivity index (χ2v) is 5.75. The topological polar surface area (TPSA) is 84.9 Å². The molecule has 1 saturated heterocycles. The van der Waals surface area contributed by atoms with Crippen LogP contribution in [0.15, 0.2) is 18.2 Å². The smallest absolute Gasteiger partial charge is 0.311 e. The lowest BCUT2D eigenvalue weighted by Gasteiger charge is -2.33. The van der Waals surface area contributed by atoms with Crippen LogP contribution in [0.5, 0.6) is 5.75 Å². The molecule has 2 rings (SSSR count). The van der Waals surface area contributed by atoms with Gasteiger partial charge in [-0.25, -0.2) is 8.78 Å². The van der Waals surface area contributed by atoms with E-state index in [1.165, 1.54) is 13.0 Å². The van der Waals surface area contributed by atoms with E-state index >= 15 is 0 Å². The van der Waals surface area contributed by atoms with E-state index in [4.69, 9.17) is 9.47 Å². The van der Waals surface area contributed by atoms with Gasteiger partial charge in [0.05, 0.1) is 5.41 Å². The summed E-state index contributed by atoms with van der Waals surface area (Å²) in [4.78, 5) is 23.6. The predicted molar refractivity (Wildman–Crippen MR) is 79.6 cm³/mol. The fourth-order valence-electron chi connectivity index (χ4n) is 2.44. The highest BCUT2D eigenvalue weighted by molar-refractivity contribution is 5.82. The molecule has 2 N–H and O–H groups in total. The summed E-state index contributed by atoms with van der Waals surface area (Å²) >= 11 is 0. The molecular weight excluding hydrogens is 324 g/mol. The van der Waals surface area contributed by atoms with Crippen molar-refractivity contribution in [3.63, 3.8) is 0 Å². The molecule has 1 aliphatic heterocycles. The van der Waals surface area contributed by atoms with Crippen LogP contribution in [0.25, 0.3) is 0 Å². The monoisotopic (exact) mass is 343 g/mol. The van der Waals surface area contributed by atoms with Gasteiger partial charge in [-0.2, -0.15) is 0 Å². The molecule has 0 spiro atoms. The largest absolute Gasteiger partial charge is 0.481 e. The zero-order chi connectivity index (χ0) is 17.7. The number of halogens is 2. The van der Waals surface area contributed by atoms with E-state index in [0.717, 1.165) is 12.1 Å². The van der Waals surface area contributed by atoms with Crippen molar-refractivity contribution in [3.8, 4) is 5.75 Å². The number of aliphatic carboxylic acids is 1. The van der Waals surface area contributed by atoms with Gasteiger partial charge in [0.1, 0.15) is 5.75 Å². The standard InChI is InChI=1S/C16H19F2NO5/c1-10(24-11-2-3-12(17)13(18)8-11)14(20)19-9-16(15(21)22)4-6-23-7-5-16/h2-3,8,10H,4-7,9H2,1H3,(H,19,20)(H,21,22). The molecule has 8 heteroatoms. The third-order valence-corrected chi connectivity index (χ3v) is 4.08. The number of carboxylic acids is 1. The molecule has 0 bridgehead atoms. The molecule has 1 amide bonds. The lowest BCUT2D eigenvalue weighted by molar-refractivity contribution is -0.155. The Kier molecular flexibility index (Phi) is 5.71. The summed E-state index contributed by atoms with van der Waals surface area (Å²) in [6, 6.07) is 2.95. The predicted octanol–water partition coefficient (Wildman–Crippen LogP) is 1.73. The maximum Gasteiger partial charge on any atom is 0.311 e. The van der Waals surface area contributed by atoms with Gasteiger partial charge in [0.15, 0.2) is 17.7 Å². The molecule has 132 valence electrons. The van der Waals surface area contributed by atoms with Crippen LogP contribution in [0.2, 0.25) is 0 Å². The summed E-state index contributed by atoms with van der Waals surface area (Å²) in [5, 5.41) is 12.0. The number of rotatable bonds is 6. The zero-order valence-corrected chi connectivity index (χ0v) is 13.2. The number of benzene rings is 1. The zero-order valence-electron chi connectivity index (χ0n) is 13.2. The van der Waals surface area contributed by atoms with E-state index in [2.05, 4.69) is 5.32 Å².